The molecule has 1 atom stereocenters. The summed E-state index contributed by atoms with van der Waals surface area (Å²) in [4.78, 5) is 0. The molecule has 1 aliphatic rings. The van der Waals surface area contributed by atoms with E-state index in [-0.39, 0.29) is 16.9 Å². The van der Waals surface area contributed by atoms with Gasteiger partial charge in [0.25, 0.3) is 0 Å². The van der Waals surface area contributed by atoms with Crippen molar-refractivity contribution in [2.24, 2.45) is 0 Å². The predicted molar refractivity (Wildman–Crippen MR) is 125 cm³/mol. The highest BCUT2D eigenvalue weighted by Gasteiger charge is 2.38. The first-order valence-corrected chi connectivity index (χ1v) is 11.0. The van der Waals surface area contributed by atoms with E-state index in [0.717, 1.165) is 12.0 Å². The molecule has 1 heteroatoms. The molecule has 0 aliphatic heterocycles. The van der Waals surface area contributed by atoms with E-state index in [0.29, 0.717) is 0 Å². The van der Waals surface area contributed by atoms with Crippen LogP contribution in [0.3, 0.4) is 0 Å². The van der Waals surface area contributed by atoms with Gasteiger partial charge >= 0.3 is 0 Å². The van der Waals surface area contributed by atoms with E-state index in [9.17, 15) is 5.11 Å². The van der Waals surface area contributed by atoms with Crippen LogP contribution in [0.15, 0.2) is 48.5 Å². The number of hydrogen-bond donors (Lipinski definition) is 1. The molecule has 0 heterocycles. The van der Waals surface area contributed by atoms with Crippen molar-refractivity contribution in [1.82, 2.24) is 0 Å². The van der Waals surface area contributed by atoms with Crippen molar-refractivity contribution in [2.75, 3.05) is 0 Å². The molecule has 152 valence electrons. The molecule has 0 spiro atoms. The zero-order valence-corrected chi connectivity index (χ0v) is 18.8. The molecule has 0 radical (unpaired) electrons. The summed E-state index contributed by atoms with van der Waals surface area (Å²) in [5.74, 6) is 0. The molecule has 4 rings (SSSR count). The van der Waals surface area contributed by atoms with Crippen molar-refractivity contribution in [3.63, 3.8) is 0 Å². The minimum atomic E-state index is -0.382. The largest absolute Gasteiger partial charge is 0.388 e. The topological polar surface area (TPSA) is 20.2 Å². The fourth-order valence-corrected chi connectivity index (χ4v) is 5.22. The summed E-state index contributed by atoms with van der Waals surface area (Å²) in [5, 5.41) is 12.6. The van der Waals surface area contributed by atoms with E-state index in [1.165, 1.54) is 45.9 Å². The first kappa shape index (κ1) is 20.2. The Bertz CT molecular complexity index is 1070. The second-order valence-corrected chi connectivity index (χ2v) is 10.2. The molecule has 0 bridgehead atoms. The SMILES string of the molecule is CCC(O)c1ccc2cc(-c3ccc4c(c3C)C(C)(C)CCC4(C)C)ccc2c1. The Balaban J connectivity index is 1.84. The smallest absolute Gasteiger partial charge is 0.0787 e. The molecule has 1 unspecified atom stereocenters. The molecule has 0 amide bonds. The first-order valence-electron chi connectivity index (χ1n) is 11.0. The number of aliphatic hydroxyl groups excluding tert-OH is 1. The van der Waals surface area contributed by atoms with Crippen LogP contribution in [0.25, 0.3) is 21.9 Å². The lowest BCUT2D eigenvalue weighted by molar-refractivity contribution is 0.174. The average molecular weight is 387 g/mol. The van der Waals surface area contributed by atoms with Crippen molar-refractivity contribution < 1.29 is 5.11 Å². The molecule has 0 saturated heterocycles. The van der Waals surface area contributed by atoms with Crippen molar-refractivity contribution in [1.29, 1.82) is 0 Å². The maximum atomic E-state index is 10.2. The summed E-state index contributed by atoms with van der Waals surface area (Å²) in [6.45, 7) is 13.9. The Hall–Kier alpha value is -2.12. The lowest BCUT2D eigenvalue weighted by atomic mass is 9.61. The third-order valence-corrected chi connectivity index (χ3v) is 7.19. The summed E-state index contributed by atoms with van der Waals surface area (Å²) >= 11 is 0. The van der Waals surface area contributed by atoms with Gasteiger partial charge in [-0.1, -0.05) is 71.0 Å². The van der Waals surface area contributed by atoms with Crippen LogP contribution in [0, 0.1) is 6.92 Å². The highest BCUT2D eigenvalue weighted by molar-refractivity contribution is 5.88. The van der Waals surface area contributed by atoms with E-state index in [1.54, 1.807) is 5.56 Å². The Labute approximate surface area is 175 Å². The van der Waals surface area contributed by atoms with Gasteiger partial charge in [0.15, 0.2) is 0 Å². The van der Waals surface area contributed by atoms with E-state index in [4.69, 9.17) is 0 Å². The van der Waals surface area contributed by atoms with E-state index in [1.807, 2.05) is 6.92 Å². The molecule has 29 heavy (non-hydrogen) atoms. The number of fused-ring (bicyclic) bond motifs is 2. The number of aliphatic hydroxyl groups is 1. The monoisotopic (exact) mass is 386 g/mol. The Morgan fingerprint density at radius 3 is 2.24 bits per heavy atom. The van der Waals surface area contributed by atoms with Crippen LogP contribution in [0.4, 0.5) is 0 Å². The summed E-state index contributed by atoms with van der Waals surface area (Å²) in [6.07, 6.45) is 2.84. The fourth-order valence-electron chi connectivity index (χ4n) is 5.22. The molecular formula is C28H34O. The molecule has 1 aliphatic carbocycles. The number of rotatable bonds is 3. The van der Waals surface area contributed by atoms with Gasteiger partial charge in [0.05, 0.1) is 6.10 Å². The van der Waals surface area contributed by atoms with Crippen molar-refractivity contribution in [3.05, 3.63) is 70.8 Å². The van der Waals surface area contributed by atoms with Crippen LogP contribution in [0.1, 0.15) is 82.2 Å². The minimum absolute atomic E-state index is 0.215. The number of hydrogen-bond acceptors (Lipinski definition) is 1. The van der Waals surface area contributed by atoms with Crippen LogP contribution >= 0.6 is 0 Å². The average Bonchev–Trinajstić information content (AvgIpc) is 2.70. The van der Waals surface area contributed by atoms with Crippen LogP contribution in [-0.4, -0.2) is 5.11 Å². The van der Waals surface area contributed by atoms with Gasteiger partial charge in [0.1, 0.15) is 0 Å². The minimum Gasteiger partial charge on any atom is -0.388 e. The maximum Gasteiger partial charge on any atom is 0.0787 e. The van der Waals surface area contributed by atoms with Crippen molar-refractivity contribution >= 4 is 10.8 Å². The third kappa shape index (κ3) is 3.40. The number of benzene rings is 3. The molecule has 0 fully saturated rings. The van der Waals surface area contributed by atoms with Gasteiger partial charge in [0, 0.05) is 0 Å². The highest BCUT2D eigenvalue weighted by atomic mass is 16.3. The van der Waals surface area contributed by atoms with Gasteiger partial charge in [-0.25, -0.2) is 0 Å². The summed E-state index contributed by atoms with van der Waals surface area (Å²) in [6, 6.07) is 17.8. The normalized spacial score (nSPS) is 18.4. The second kappa shape index (κ2) is 6.99. The molecule has 1 nitrogen and oxygen atoms in total. The Morgan fingerprint density at radius 2 is 1.52 bits per heavy atom. The highest BCUT2D eigenvalue weighted by Crippen LogP contribution is 2.48. The van der Waals surface area contributed by atoms with Crippen LogP contribution in [-0.2, 0) is 10.8 Å². The van der Waals surface area contributed by atoms with Crippen molar-refractivity contribution in [3.8, 4) is 11.1 Å². The molecule has 1 N–H and O–H groups in total. The van der Waals surface area contributed by atoms with E-state index >= 15 is 0 Å². The maximum absolute atomic E-state index is 10.2. The zero-order valence-electron chi connectivity index (χ0n) is 18.8. The first-order chi connectivity index (χ1) is 13.6. The quantitative estimate of drug-likeness (QED) is 0.491. The lowest BCUT2D eigenvalue weighted by Gasteiger charge is -2.43. The summed E-state index contributed by atoms with van der Waals surface area (Å²) < 4.78 is 0. The predicted octanol–water partition coefficient (Wildman–Crippen LogP) is 7.61. The second-order valence-electron chi connectivity index (χ2n) is 10.2. The Morgan fingerprint density at radius 1 is 0.862 bits per heavy atom. The fraction of sp³-hybridized carbons (Fsp3) is 0.429. The van der Waals surface area contributed by atoms with Gasteiger partial charge < -0.3 is 5.11 Å². The van der Waals surface area contributed by atoms with Crippen molar-refractivity contribution in [2.45, 2.75) is 77.7 Å². The van der Waals surface area contributed by atoms with Gasteiger partial charge in [-0.05, 0) is 93.3 Å². The van der Waals surface area contributed by atoms with Gasteiger partial charge in [-0.2, -0.15) is 0 Å². The molecule has 0 aromatic heterocycles. The Kier molecular flexibility index (Phi) is 4.86. The van der Waals surface area contributed by atoms with E-state index in [2.05, 4.69) is 83.1 Å². The summed E-state index contributed by atoms with van der Waals surface area (Å²) in [5.41, 5.74) is 8.58. The lowest BCUT2D eigenvalue weighted by Crippen LogP contribution is -2.34. The molecule has 3 aromatic rings. The van der Waals surface area contributed by atoms with Crippen LogP contribution in [0.5, 0.6) is 0 Å². The van der Waals surface area contributed by atoms with Crippen LogP contribution < -0.4 is 0 Å². The third-order valence-electron chi connectivity index (χ3n) is 7.19. The van der Waals surface area contributed by atoms with Gasteiger partial charge in [0.2, 0.25) is 0 Å². The molecule has 3 aromatic carbocycles. The van der Waals surface area contributed by atoms with Crippen LogP contribution in [0.2, 0.25) is 0 Å². The molecule has 0 saturated carbocycles. The molecular weight excluding hydrogens is 352 g/mol. The van der Waals surface area contributed by atoms with Gasteiger partial charge in [-0.3, -0.25) is 0 Å². The summed E-state index contributed by atoms with van der Waals surface area (Å²) in [7, 11) is 0. The van der Waals surface area contributed by atoms with Gasteiger partial charge in [-0.15, -0.1) is 0 Å². The zero-order chi connectivity index (χ0) is 21.0. The standard InChI is InChI=1S/C28H34O/c1-7-25(29)22-11-9-19-16-21(10-8-20(19)17-22)23-12-13-24-26(18(23)2)28(5,6)15-14-27(24,3)4/h8-13,16-17,25,29H,7,14-15H2,1-6H3. The van der Waals surface area contributed by atoms with E-state index < -0.39 is 0 Å².